The molecular formula is C14H23N3O2S2. The maximum atomic E-state index is 12.1. The Kier molecular flexibility index (Phi) is 5.06. The summed E-state index contributed by atoms with van der Waals surface area (Å²) in [6.45, 7) is 5.80. The van der Waals surface area contributed by atoms with Crippen molar-refractivity contribution in [3.8, 4) is 0 Å². The third-order valence-electron chi connectivity index (χ3n) is 3.59. The van der Waals surface area contributed by atoms with E-state index in [9.17, 15) is 9.90 Å². The van der Waals surface area contributed by atoms with Crippen LogP contribution >= 0.6 is 23.1 Å². The third-order valence-corrected chi connectivity index (χ3v) is 5.81. The van der Waals surface area contributed by atoms with Crippen molar-refractivity contribution in [3.05, 3.63) is 4.88 Å². The normalized spacial score (nSPS) is 22.4. The lowest BCUT2D eigenvalue weighted by atomic mass is 9.95. The fraction of sp³-hybridized carbons (Fsp3) is 0.643. The zero-order chi connectivity index (χ0) is 15.6. The summed E-state index contributed by atoms with van der Waals surface area (Å²) in [6, 6.07) is 0. The van der Waals surface area contributed by atoms with E-state index in [4.69, 9.17) is 5.73 Å². The summed E-state index contributed by atoms with van der Waals surface area (Å²) in [5.41, 5.74) is 6.03. The molecule has 1 atom stereocenters. The highest BCUT2D eigenvalue weighted by Crippen LogP contribution is 2.45. The van der Waals surface area contributed by atoms with E-state index in [1.165, 1.54) is 11.3 Å². The van der Waals surface area contributed by atoms with E-state index in [0.717, 1.165) is 29.3 Å². The molecule has 1 aromatic rings. The molecule has 0 aliphatic carbocycles. The summed E-state index contributed by atoms with van der Waals surface area (Å²) in [5, 5.41) is 14.1. The first-order valence-electron chi connectivity index (χ1n) is 7.11. The van der Waals surface area contributed by atoms with Crippen molar-refractivity contribution in [3.63, 3.8) is 0 Å². The van der Waals surface area contributed by atoms with Crippen LogP contribution in [-0.4, -0.2) is 42.5 Å². The number of nitrogen functional groups attached to an aromatic ring is 1. The number of hydrogen-bond acceptors (Lipinski definition) is 6. The van der Waals surface area contributed by atoms with Crippen LogP contribution in [0, 0.1) is 0 Å². The van der Waals surface area contributed by atoms with Gasteiger partial charge in [-0.05, 0) is 32.9 Å². The molecule has 21 heavy (non-hydrogen) atoms. The molecule has 2 rings (SSSR count). The standard InChI is InChI=1S/C14H23N3O2S2/c1-4-16-12(18)10-9(15)11(20-3)13(21-10)17-7-5-6-14(2,19)8-17/h19H,4-8,15H2,1-3H3,(H,16,18). The van der Waals surface area contributed by atoms with Crippen molar-refractivity contribution in [2.75, 3.05) is 36.5 Å². The van der Waals surface area contributed by atoms with Crippen molar-refractivity contribution in [2.45, 2.75) is 37.2 Å². The minimum absolute atomic E-state index is 0.120. The van der Waals surface area contributed by atoms with Crippen LogP contribution in [0.5, 0.6) is 0 Å². The molecule has 2 heterocycles. The molecule has 1 aromatic heterocycles. The summed E-state index contributed by atoms with van der Waals surface area (Å²) in [4.78, 5) is 15.8. The largest absolute Gasteiger partial charge is 0.396 e. The summed E-state index contributed by atoms with van der Waals surface area (Å²) in [5.74, 6) is -0.120. The summed E-state index contributed by atoms with van der Waals surface area (Å²) in [7, 11) is 0. The van der Waals surface area contributed by atoms with Gasteiger partial charge in [0, 0.05) is 19.6 Å². The van der Waals surface area contributed by atoms with Gasteiger partial charge in [-0.1, -0.05) is 0 Å². The molecule has 0 radical (unpaired) electrons. The van der Waals surface area contributed by atoms with Crippen LogP contribution in [0.25, 0.3) is 0 Å². The topological polar surface area (TPSA) is 78.6 Å². The number of nitrogens with two attached hydrogens (primary N) is 1. The van der Waals surface area contributed by atoms with Gasteiger partial charge >= 0.3 is 0 Å². The molecule has 1 aliphatic heterocycles. The van der Waals surface area contributed by atoms with E-state index < -0.39 is 5.60 Å². The Hall–Kier alpha value is -0.920. The predicted octanol–water partition coefficient (Wildman–Crippen LogP) is 2.15. The van der Waals surface area contributed by atoms with Gasteiger partial charge in [0.1, 0.15) is 9.88 Å². The van der Waals surface area contributed by atoms with E-state index in [1.54, 1.807) is 11.8 Å². The first-order valence-corrected chi connectivity index (χ1v) is 9.15. The Morgan fingerprint density at radius 3 is 2.90 bits per heavy atom. The minimum atomic E-state index is -0.682. The minimum Gasteiger partial charge on any atom is -0.396 e. The molecule has 118 valence electrons. The van der Waals surface area contributed by atoms with Gasteiger partial charge < -0.3 is 21.1 Å². The second-order valence-corrected chi connectivity index (χ2v) is 7.38. The molecule has 1 unspecified atom stereocenters. The SMILES string of the molecule is CCNC(=O)c1sc(N2CCCC(C)(O)C2)c(SC)c1N. The van der Waals surface area contributed by atoms with Crippen molar-refractivity contribution in [2.24, 2.45) is 0 Å². The Balaban J connectivity index is 2.35. The van der Waals surface area contributed by atoms with Crippen LogP contribution in [0.15, 0.2) is 4.90 Å². The molecule has 1 fully saturated rings. The fourth-order valence-corrected chi connectivity index (χ4v) is 4.75. The number of thioether (sulfide) groups is 1. The number of β-amino-alcohol motifs (C(OH)–C–C–N with tert-alkyl or cyclic N) is 1. The third kappa shape index (κ3) is 3.46. The van der Waals surface area contributed by atoms with Gasteiger partial charge in [-0.2, -0.15) is 0 Å². The van der Waals surface area contributed by atoms with Crippen LogP contribution in [0.3, 0.4) is 0 Å². The van der Waals surface area contributed by atoms with E-state index in [1.807, 2.05) is 20.1 Å². The van der Waals surface area contributed by atoms with Gasteiger partial charge in [-0.25, -0.2) is 0 Å². The number of thiophene rings is 1. The number of aliphatic hydroxyl groups is 1. The maximum absolute atomic E-state index is 12.1. The van der Waals surface area contributed by atoms with Gasteiger partial charge in [0.2, 0.25) is 0 Å². The number of nitrogens with zero attached hydrogens (tertiary/aromatic N) is 1. The number of carbonyl (C=O) groups is 1. The zero-order valence-corrected chi connectivity index (χ0v) is 14.4. The van der Waals surface area contributed by atoms with E-state index in [2.05, 4.69) is 10.2 Å². The van der Waals surface area contributed by atoms with Crippen molar-refractivity contribution >= 4 is 39.7 Å². The molecule has 1 saturated heterocycles. The van der Waals surface area contributed by atoms with Crippen molar-refractivity contribution < 1.29 is 9.90 Å². The molecule has 0 bridgehead atoms. The maximum Gasteiger partial charge on any atom is 0.263 e. The lowest BCUT2D eigenvalue weighted by Gasteiger charge is -2.37. The lowest BCUT2D eigenvalue weighted by molar-refractivity contribution is 0.0450. The Labute approximate surface area is 133 Å². The summed E-state index contributed by atoms with van der Waals surface area (Å²) < 4.78 is 0. The highest BCUT2D eigenvalue weighted by Gasteiger charge is 2.32. The molecule has 1 aliphatic rings. The molecule has 0 aromatic carbocycles. The molecule has 1 amide bonds. The van der Waals surface area contributed by atoms with E-state index >= 15 is 0 Å². The van der Waals surface area contributed by atoms with Crippen LogP contribution in [0.4, 0.5) is 10.7 Å². The summed E-state index contributed by atoms with van der Waals surface area (Å²) in [6.07, 6.45) is 3.71. The van der Waals surface area contributed by atoms with Crippen LogP contribution < -0.4 is 16.0 Å². The summed E-state index contributed by atoms with van der Waals surface area (Å²) >= 11 is 2.98. The predicted molar refractivity (Wildman–Crippen MR) is 90.6 cm³/mol. The number of nitrogens with one attached hydrogen (secondary N) is 1. The van der Waals surface area contributed by atoms with Gasteiger partial charge in [-0.15, -0.1) is 23.1 Å². The van der Waals surface area contributed by atoms with Gasteiger partial charge in [0.15, 0.2) is 0 Å². The molecule has 7 heteroatoms. The van der Waals surface area contributed by atoms with E-state index in [-0.39, 0.29) is 5.91 Å². The quantitative estimate of drug-likeness (QED) is 0.738. The highest BCUT2D eigenvalue weighted by atomic mass is 32.2. The molecule has 5 nitrogen and oxygen atoms in total. The number of anilines is 2. The average Bonchev–Trinajstić information content (AvgIpc) is 2.75. The Morgan fingerprint density at radius 1 is 1.62 bits per heavy atom. The Morgan fingerprint density at radius 2 is 2.33 bits per heavy atom. The van der Waals surface area contributed by atoms with Crippen molar-refractivity contribution in [1.82, 2.24) is 5.32 Å². The highest BCUT2D eigenvalue weighted by molar-refractivity contribution is 7.99. The first kappa shape index (κ1) is 16.5. The number of carbonyl (C=O) groups excluding carboxylic acids is 1. The second kappa shape index (κ2) is 6.46. The Bertz CT molecular complexity index is 529. The van der Waals surface area contributed by atoms with Crippen LogP contribution in [-0.2, 0) is 0 Å². The number of piperidine rings is 1. The van der Waals surface area contributed by atoms with Gasteiger partial charge in [0.25, 0.3) is 5.91 Å². The zero-order valence-electron chi connectivity index (χ0n) is 12.7. The molecule has 4 N–H and O–H groups in total. The van der Waals surface area contributed by atoms with Crippen molar-refractivity contribution in [1.29, 1.82) is 0 Å². The van der Waals surface area contributed by atoms with E-state index in [0.29, 0.717) is 23.7 Å². The second-order valence-electron chi connectivity index (χ2n) is 5.56. The number of hydrogen-bond donors (Lipinski definition) is 3. The van der Waals surface area contributed by atoms with Gasteiger partial charge in [0.05, 0.1) is 16.2 Å². The van der Waals surface area contributed by atoms with Crippen LogP contribution in [0.1, 0.15) is 36.4 Å². The van der Waals surface area contributed by atoms with Crippen LogP contribution in [0.2, 0.25) is 0 Å². The lowest BCUT2D eigenvalue weighted by Crippen LogP contribution is -2.46. The molecule has 0 spiro atoms. The van der Waals surface area contributed by atoms with Gasteiger partial charge in [-0.3, -0.25) is 4.79 Å². The number of amides is 1. The first-order chi connectivity index (χ1) is 9.89. The molecule has 0 saturated carbocycles. The average molecular weight is 329 g/mol. The smallest absolute Gasteiger partial charge is 0.263 e. The fourth-order valence-electron chi connectivity index (χ4n) is 2.62. The molecular weight excluding hydrogens is 306 g/mol. The number of rotatable bonds is 4. The monoisotopic (exact) mass is 329 g/mol.